The van der Waals surface area contributed by atoms with Crippen LogP contribution in [0.5, 0.6) is 0 Å². The Morgan fingerprint density at radius 3 is 2.60 bits per heavy atom. The molecule has 8 heteroatoms. The van der Waals surface area contributed by atoms with Crippen molar-refractivity contribution in [3.05, 3.63) is 42.5 Å². The van der Waals surface area contributed by atoms with E-state index in [0.29, 0.717) is 18.9 Å². The minimum Gasteiger partial charge on any atom is -0.367 e. The number of benzene rings is 1. The van der Waals surface area contributed by atoms with Crippen LogP contribution in [0.15, 0.2) is 42.5 Å². The molecule has 1 fully saturated rings. The van der Waals surface area contributed by atoms with Crippen LogP contribution in [0.4, 0.5) is 14.6 Å². The summed E-state index contributed by atoms with van der Waals surface area (Å²) in [5, 5.41) is 16.4. The second-order valence-corrected chi connectivity index (χ2v) is 5.88. The third kappa shape index (κ3) is 4.69. The molecule has 2 aromatic rings. The minimum atomic E-state index is -2.81. The van der Waals surface area contributed by atoms with Gasteiger partial charge in [0.2, 0.25) is 5.91 Å². The number of carbonyl (C=O) groups is 1. The monoisotopic (exact) mass is 347 g/mol. The van der Waals surface area contributed by atoms with Gasteiger partial charge in [-0.2, -0.15) is 0 Å². The normalized spacial score (nSPS) is 18.7. The molecule has 3 N–H and O–H groups in total. The van der Waals surface area contributed by atoms with Crippen LogP contribution in [0.2, 0.25) is 0 Å². The lowest BCUT2D eigenvalue weighted by Crippen LogP contribution is -2.42. The Morgan fingerprint density at radius 1 is 1.16 bits per heavy atom. The Bertz CT molecular complexity index is 709. The van der Waals surface area contributed by atoms with E-state index in [0.717, 1.165) is 11.3 Å². The molecule has 0 spiro atoms. The van der Waals surface area contributed by atoms with E-state index in [2.05, 4.69) is 26.1 Å². The van der Waals surface area contributed by atoms with Crippen molar-refractivity contribution >= 4 is 11.7 Å². The van der Waals surface area contributed by atoms with Gasteiger partial charge >= 0.3 is 0 Å². The van der Waals surface area contributed by atoms with Gasteiger partial charge in [-0.05, 0) is 12.1 Å². The predicted octanol–water partition coefficient (Wildman–Crippen LogP) is 1.67. The first-order valence-electron chi connectivity index (χ1n) is 8.05. The van der Waals surface area contributed by atoms with Crippen LogP contribution in [0.25, 0.3) is 11.3 Å². The molecule has 1 amide bonds. The fourth-order valence-corrected chi connectivity index (χ4v) is 2.59. The van der Waals surface area contributed by atoms with Crippen LogP contribution < -0.4 is 16.0 Å². The highest BCUT2D eigenvalue weighted by Gasteiger charge is 2.42. The van der Waals surface area contributed by atoms with E-state index in [1.165, 1.54) is 0 Å². The molecule has 1 unspecified atom stereocenters. The van der Waals surface area contributed by atoms with Crippen molar-refractivity contribution in [2.75, 3.05) is 25.0 Å². The van der Waals surface area contributed by atoms with Gasteiger partial charge < -0.3 is 10.6 Å². The molecule has 1 saturated heterocycles. The van der Waals surface area contributed by atoms with Gasteiger partial charge in [-0.1, -0.05) is 30.3 Å². The summed E-state index contributed by atoms with van der Waals surface area (Å²) in [5.41, 5.74) is 1.75. The Morgan fingerprint density at radius 2 is 1.96 bits per heavy atom. The SMILES string of the molecule is O=C(NCCNc1ccc(-c2ccccc2)nn1)C1CC(F)(F)CN1. The van der Waals surface area contributed by atoms with Gasteiger partial charge in [0.05, 0.1) is 18.3 Å². The summed E-state index contributed by atoms with van der Waals surface area (Å²) < 4.78 is 26.1. The van der Waals surface area contributed by atoms with E-state index in [1.807, 2.05) is 36.4 Å². The lowest BCUT2D eigenvalue weighted by Gasteiger charge is -2.11. The Hall–Kier alpha value is -2.61. The second kappa shape index (κ2) is 7.52. The number of nitrogens with one attached hydrogen (secondary N) is 3. The standard InChI is InChI=1S/C17H19F2N5O/c18-17(19)10-14(22-11-17)16(25)21-9-8-20-15-7-6-13(23-24-15)12-4-2-1-3-5-12/h1-7,14,22H,8-11H2,(H,20,24)(H,21,25). The number of halogens is 2. The summed E-state index contributed by atoms with van der Waals surface area (Å²) in [6.45, 7) is 0.283. The zero-order valence-corrected chi connectivity index (χ0v) is 13.5. The summed E-state index contributed by atoms with van der Waals surface area (Å²) in [5.74, 6) is -2.64. The van der Waals surface area contributed by atoms with Crippen molar-refractivity contribution in [2.24, 2.45) is 0 Å². The molecule has 6 nitrogen and oxygen atoms in total. The summed E-state index contributed by atoms with van der Waals surface area (Å²) in [6, 6.07) is 12.5. The van der Waals surface area contributed by atoms with Gasteiger partial charge in [0.15, 0.2) is 0 Å². The molecule has 2 heterocycles. The minimum absolute atomic E-state index is 0.310. The van der Waals surface area contributed by atoms with Crippen molar-refractivity contribution in [3.8, 4) is 11.3 Å². The highest BCUT2D eigenvalue weighted by atomic mass is 19.3. The second-order valence-electron chi connectivity index (χ2n) is 5.88. The van der Waals surface area contributed by atoms with E-state index >= 15 is 0 Å². The summed E-state index contributed by atoms with van der Waals surface area (Å²) in [4.78, 5) is 11.8. The molecule has 1 aromatic heterocycles. The molecular weight excluding hydrogens is 328 g/mol. The maximum atomic E-state index is 13.0. The average Bonchev–Trinajstić information content (AvgIpc) is 3.00. The maximum Gasteiger partial charge on any atom is 0.262 e. The largest absolute Gasteiger partial charge is 0.367 e. The van der Waals surface area contributed by atoms with E-state index in [9.17, 15) is 13.6 Å². The van der Waals surface area contributed by atoms with E-state index in [4.69, 9.17) is 0 Å². The van der Waals surface area contributed by atoms with Crippen molar-refractivity contribution < 1.29 is 13.6 Å². The van der Waals surface area contributed by atoms with Crippen LogP contribution in [-0.2, 0) is 4.79 Å². The Kier molecular flexibility index (Phi) is 5.18. The number of amides is 1. The molecule has 0 saturated carbocycles. The maximum absolute atomic E-state index is 13.0. The third-order valence-electron chi connectivity index (χ3n) is 3.89. The molecule has 3 rings (SSSR count). The lowest BCUT2D eigenvalue weighted by molar-refractivity contribution is -0.123. The molecule has 0 aliphatic carbocycles. The van der Waals surface area contributed by atoms with Gasteiger partial charge in [-0.15, -0.1) is 10.2 Å². The molecule has 1 aromatic carbocycles. The Labute approximate surface area is 144 Å². The van der Waals surface area contributed by atoms with E-state index < -0.39 is 30.8 Å². The van der Waals surface area contributed by atoms with Gasteiger partial charge in [0, 0.05) is 25.1 Å². The number of rotatable bonds is 6. The molecule has 1 aliphatic rings. The average molecular weight is 347 g/mol. The number of hydrogen-bond donors (Lipinski definition) is 3. The van der Waals surface area contributed by atoms with Gasteiger partial charge in [0.25, 0.3) is 5.92 Å². The first-order chi connectivity index (χ1) is 12.0. The smallest absolute Gasteiger partial charge is 0.262 e. The van der Waals surface area contributed by atoms with E-state index in [1.54, 1.807) is 6.07 Å². The quantitative estimate of drug-likeness (QED) is 0.693. The summed E-state index contributed by atoms with van der Waals surface area (Å²) in [7, 11) is 0. The van der Waals surface area contributed by atoms with Crippen LogP contribution in [0.3, 0.4) is 0 Å². The van der Waals surface area contributed by atoms with Crippen LogP contribution >= 0.6 is 0 Å². The van der Waals surface area contributed by atoms with Crippen molar-refractivity contribution in [3.63, 3.8) is 0 Å². The predicted molar refractivity (Wildman–Crippen MR) is 90.3 cm³/mol. The Balaban J connectivity index is 1.41. The lowest BCUT2D eigenvalue weighted by atomic mass is 10.1. The van der Waals surface area contributed by atoms with Crippen LogP contribution in [-0.4, -0.2) is 47.7 Å². The van der Waals surface area contributed by atoms with Gasteiger partial charge in [-0.3, -0.25) is 10.1 Å². The number of aromatic nitrogens is 2. The zero-order chi connectivity index (χ0) is 17.7. The molecular formula is C17H19F2N5O. The summed E-state index contributed by atoms with van der Waals surface area (Å²) >= 11 is 0. The van der Waals surface area contributed by atoms with Crippen LogP contribution in [0, 0.1) is 0 Å². The fourth-order valence-electron chi connectivity index (χ4n) is 2.59. The molecule has 0 bridgehead atoms. The van der Waals surface area contributed by atoms with Crippen molar-refractivity contribution in [1.29, 1.82) is 0 Å². The number of hydrogen-bond acceptors (Lipinski definition) is 5. The highest BCUT2D eigenvalue weighted by Crippen LogP contribution is 2.24. The van der Waals surface area contributed by atoms with E-state index in [-0.39, 0.29) is 0 Å². The highest BCUT2D eigenvalue weighted by molar-refractivity contribution is 5.82. The number of alkyl halides is 2. The first kappa shape index (κ1) is 17.2. The zero-order valence-electron chi connectivity index (χ0n) is 13.5. The first-order valence-corrected chi connectivity index (χ1v) is 8.05. The number of anilines is 1. The molecule has 1 aliphatic heterocycles. The van der Waals surface area contributed by atoms with Gasteiger partial charge in [-0.25, -0.2) is 8.78 Å². The third-order valence-corrected chi connectivity index (χ3v) is 3.89. The summed E-state index contributed by atoms with van der Waals surface area (Å²) in [6.07, 6.45) is -0.460. The number of carbonyl (C=O) groups excluding carboxylic acids is 1. The molecule has 1 atom stereocenters. The fraction of sp³-hybridized carbons (Fsp3) is 0.353. The van der Waals surface area contributed by atoms with Crippen molar-refractivity contribution in [2.45, 2.75) is 18.4 Å². The van der Waals surface area contributed by atoms with Gasteiger partial charge in [0.1, 0.15) is 5.82 Å². The number of nitrogens with zero attached hydrogens (tertiary/aromatic N) is 2. The van der Waals surface area contributed by atoms with Crippen molar-refractivity contribution in [1.82, 2.24) is 20.8 Å². The molecule has 0 radical (unpaired) electrons. The van der Waals surface area contributed by atoms with Crippen LogP contribution in [0.1, 0.15) is 6.42 Å². The molecule has 132 valence electrons. The topological polar surface area (TPSA) is 78.9 Å². The molecule has 25 heavy (non-hydrogen) atoms.